The van der Waals surface area contributed by atoms with Gasteiger partial charge in [0.1, 0.15) is 6.04 Å². The normalized spacial score (nSPS) is 17.9. The van der Waals surface area contributed by atoms with E-state index in [-0.39, 0.29) is 12.5 Å². The number of carbonyl (C=O) groups is 2. The molecule has 1 N–H and O–H groups in total. The van der Waals surface area contributed by atoms with Gasteiger partial charge in [-0.1, -0.05) is 12.1 Å². The van der Waals surface area contributed by atoms with Gasteiger partial charge in [0.05, 0.1) is 13.0 Å². The standard InChI is InChI=1S/C13H15NO5S/c1-18-10-4-2-3-5-11(10)19-6-12(15)14-8-20-7-9(14)13(16)17/h2-5,9H,6-8H2,1H3,(H,16,17). The van der Waals surface area contributed by atoms with Crippen molar-refractivity contribution in [3.05, 3.63) is 24.3 Å². The van der Waals surface area contributed by atoms with Crippen LogP contribution >= 0.6 is 11.8 Å². The summed E-state index contributed by atoms with van der Waals surface area (Å²) < 4.78 is 10.5. The number of carboxylic acid groups (broad SMARTS) is 1. The molecule has 1 aromatic carbocycles. The van der Waals surface area contributed by atoms with Crippen LogP contribution in [0, 0.1) is 0 Å². The van der Waals surface area contributed by atoms with Crippen LogP contribution in [0.5, 0.6) is 11.5 Å². The fraction of sp³-hybridized carbons (Fsp3) is 0.385. The largest absolute Gasteiger partial charge is 0.493 e. The summed E-state index contributed by atoms with van der Waals surface area (Å²) in [4.78, 5) is 24.4. The Morgan fingerprint density at radius 1 is 1.40 bits per heavy atom. The molecule has 7 heteroatoms. The van der Waals surface area contributed by atoms with Crippen molar-refractivity contribution < 1.29 is 24.2 Å². The van der Waals surface area contributed by atoms with Gasteiger partial charge in [0.15, 0.2) is 18.1 Å². The summed E-state index contributed by atoms with van der Waals surface area (Å²) in [6, 6.07) is 6.22. The quantitative estimate of drug-likeness (QED) is 0.876. The van der Waals surface area contributed by atoms with Crippen LogP contribution in [0.1, 0.15) is 0 Å². The highest BCUT2D eigenvalue weighted by Crippen LogP contribution is 2.26. The maximum absolute atomic E-state index is 12.0. The minimum Gasteiger partial charge on any atom is -0.493 e. The molecule has 0 aliphatic carbocycles. The van der Waals surface area contributed by atoms with Crippen LogP contribution in [-0.2, 0) is 9.59 Å². The van der Waals surface area contributed by atoms with Crippen LogP contribution < -0.4 is 9.47 Å². The summed E-state index contributed by atoms with van der Waals surface area (Å²) >= 11 is 1.42. The average Bonchev–Trinajstić information content (AvgIpc) is 2.94. The lowest BCUT2D eigenvalue weighted by molar-refractivity contribution is -0.148. The molecule has 0 spiro atoms. The fourth-order valence-electron chi connectivity index (χ4n) is 1.85. The molecule has 0 radical (unpaired) electrons. The van der Waals surface area contributed by atoms with Crippen LogP contribution in [0.4, 0.5) is 0 Å². The van der Waals surface area contributed by atoms with Gasteiger partial charge in [0.2, 0.25) is 0 Å². The molecule has 1 aliphatic rings. The molecule has 0 saturated carbocycles. The van der Waals surface area contributed by atoms with Crippen LogP contribution in [0.15, 0.2) is 24.3 Å². The van der Waals surface area contributed by atoms with E-state index in [0.29, 0.717) is 23.1 Å². The number of carbonyl (C=O) groups excluding carboxylic acids is 1. The number of rotatable bonds is 5. The van der Waals surface area contributed by atoms with E-state index in [1.807, 2.05) is 0 Å². The number of amides is 1. The number of thioether (sulfide) groups is 1. The van der Waals surface area contributed by atoms with E-state index < -0.39 is 12.0 Å². The molecule has 2 rings (SSSR count). The van der Waals surface area contributed by atoms with Gasteiger partial charge in [-0.25, -0.2) is 4.79 Å². The lowest BCUT2D eigenvalue weighted by atomic mass is 10.3. The SMILES string of the molecule is COc1ccccc1OCC(=O)N1CSCC1C(=O)O. The molecule has 6 nitrogen and oxygen atoms in total. The first-order chi connectivity index (χ1) is 9.63. The molecule has 20 heavy (non-hydrogen) atoms. The van der Waals surface area contributed by atoms with Gasteiger partial charge in [0, 0.05) is 5.75 Å². The summed E-state index contributed by atoms with van der Waals surface area (Å²) in [6.07, 6.45) is 0. The first-order valence-electron chi connectivity index (χ1n) is 5.99. The smallest absolute Gasteiger partial charge is 0.327 e. The van der Waals surface area contributed by atoms with Gasteiger partial charge in [-0.2, -0.15) is 0 Å². The number of hydrogen-bond donors (Lipinski definition) is 1. The summed E-state index contributed by atoms with van der Waals surface area (Å²) in [7, 11) is 1.52. The third-order valence-corrected chi connectivity index (χ3v) is 3.92. The van der Waals surface area contributed by atoms with Gasteiger partial charge in [-0.05, 0) is 12.1 Å². The lowest BCUT2D eigenvalue weighted by Gasteiger charge is -2.20. The van der Waals surface area contributed by atoms with Gasteiger partial charge in [-0.15, -0.1) is 11.8 Å². The number of carboxylic acids is 1. The Morgan fingerprint density at radius 2 is 2.10 bits per heavy atom. The molecule has 0 bridgehead atoms. The Morgan fingerprint density at radius 3 is 2.75 bits per heavy atom. The molecule has 108 valence electrons. The molecule has 1 heterocycles. The minimum atomic E-state index is -0.986. The highest BCUT2D eigenvalue weighted by molar-refractivity contribution is 7.99. The molecule has 1 aliphatic heterocycles. The monoisotopic (exact) mass is 297 g/mol. The second kappa shape index (κ2) is 6.51. The first kappa shape index (κ1) is 14.5. The van der Waals surface area contributed by atoms with Crippen molar-refractivity contribution in [2.24, 2.45) is 0 Å². The minimum absolute atomic E-state index is 0.204. The highest BCUT2D eigenvalue weighted by atomic mass is 32.2. The second-order valence-electron chi connectivity index (χ2n) is 4.16. The van der Waals surface area contributed by atoms with Gasteiger partial charge in [0.25, 0.3) is 5.91 Å². The molecule has 1 unspecified atom stereocenters. The average molecular weight is 297 g/mol. The topological polar surface area (TPSA) is 76.1 Å². The summed E-state index contributed by atoms with van der Waals surface area (Å²) in [5, 5.41) is 9.03. The van der Waals surface area contributed by atoms with Crippen LogP contribution in [0.2, 0.25) is 0 Å². The first-order valence-corrected chi connectivity index (χ1v) is 7.14. The Bertz CT molecular complexity index is 507. The number of aliphatic carboxylic acids is 1. The Hall–Kier alpha value is -1.89. The molecule has 1 atom stereocenters. The van der Waals surface area contributed by atoms with Crippen molar-refractivity contribution in [3.8, 4) is 11.5 Å². The molecular formula is C13H15NO5S. The summed E-state index contributed by atoms with van der Waals surface area (Å²) in [6.45, 7) is -0.204. The number of hydrogen-bond acceptors (Lipinski definition) is 5. The lowest BCUT2D eigenvalue weighted by Crippen LogP contribution is -2.43. The third-order valence-electron chi connectivity index (χ3n) is 2.91. The second-order valence-corrected chi connectivity index (χ2v) is 5.16. The zero-order valence-corrected chi connectivity index (χ0v) is 11.8. The van der Waals surface area contributed by atoms with Crippen LogP contribution in [-0.4, -0.2) is 53.3 Å². The molecular weight excluding hydrogens is 282 g/mol. The van der Waals surface area contributed by atoms with E-state index in [2.05, 4.69) is 0 Å². The Kier molecular flexibility index (Phi) is 4.73. The van der Waals surface area contributed by atoms with Crippen molar-refractivity contribution >= 4 is 23.6 Å². The van der Waals surface area contributed by atoms with Gasteiger partial charge < -0.3 is 19.5 Å². The van der Waals surface area contributed by atoms with E-state index in [0.717, 1.165) is 0 Å². The molecule has 0 aromatic heterocycles. The van der Waals surface area contributed by atoms with E-state index in [4.69, 9.17) is 14.6 Å². The predicted molar refractivity (Wildman–Crippen MR) is 74.1 cm³/mol. The van der Waals surface area contributed by atoms with Gasteiger partial charge >= 0.3 is 5.97 Å². The molecule has 1 saturated heterocycles. The van der Waals surface area contributed by atoms with E-state index in [1.54, 1.807) is 24.3 Å². The van der Waals surface area contributed by atoms with Crippen LogP contribution in [0.25, 0.3) is 0 Å². The van der Waals surface area contributed by atoms with E-state index in [9.17, 15) is 9.59 Å². The molecule has 1 aromatic rings. The van der Waals surface area contributed by atoms with Crippen LogP contribution in [0.3, 0.4) is 0 Å². The summed E-state index contributed by atoms with van der Waals surface area (Å²) in [5.41, 5.74) is 0. The molecule has 1 fully saturated rings. The van der Waals surface area contributed by atoms with Crippen molar-refractivity contribution in [1.29, 1.82) is 0 Å². The maximum Gasteiger partial charge on any atom is 0.327 e. The number of benzene rings is 1. The number of nitrogens with zero attached hydrogens (tertiary/aromatic N) is 1. The fourth-order valence-corrected chi connectivity index (χ4v) is 3.03. The number of para-hydroxylation sites is 2. The predicted octanol–water partition coefficient (Wildman–Crippen LogP) is 1.06. The van der Waals surface area contributed by atoms with Crippen molar-refractivity contribution in [2.75, 3.05) is 25.3 Å². The Labute approximate surface area is 120 Å². The van der Waals surface area contributed by atoms with Gasteiger partial charge in [-0.3, -0.25) is 4.79 Å². The molecule has 1 amide bonds. The maximum atomic E-state index is 12.0. The van der Waals surface area contributed by atoms with Crippen molar-refractivity contribution in [3.63, 3.8) is 0 Å². The van der Waals surface area contributed by atoms with Crippen molar-refractivity contribution in [2.45, 2.75) is 6.04 Å². The van der Waals surface area contributed by atoms with Crippen molar-refractivity contribution in [1.82, 2.24) is 4.90 Å². The number of ether oxygens (including phenoxy) is 2. The van der Waals surface area contributed by atoms with E-state index >= 15 is 0 Å². The number of methoxy groups -OCH3 is 1. The third kappa shape index (κ3) is 3.16. The Balaban J connectivity index is 1.97. The zero-order valence-electron chi connectivity index (χ0n) is 10.9. The highest BCUT2D eigenvalue weighted by Gasteiger charge is 2.34. The zero-order chi connectivity index (χ0) is 14.5. The van der Waals surface area contributed by atoms with E-state index in [1.165, 1.54) is 23.8 Å². The summed E-state index contributed by atoms with van der Waals surface area (Å²) in [5.74, 6) is 0.461.